The number of aliphatic carboxylic acids is 1. The van der Waals surface area contributed by atoms with Gasteiger partial charge in [0.25, 0.3) is 0 Å². The molecule has 1 heterocycles. The third-order valence-corrected chi connectivity index (χ3v) is 5.35. The summed E-state index contributed by atoms with van der Waals surface area (Å²) < 4.78 is 49.2. The van der Waals surface area contributed by atoms with Gasteiger partial charge in [-0.05, 0) is 60.8 Å². The highest BCUT2D eigenvalue weighted by Crippen LogP contribution is 2.45. The van der Waals surface area contributed by atoms with E-state index in [0.717, 1.165) is 16.5 Å². The van der Waals surface area contributed by atoms with E-state index in [1.165, 1.54) is 7.11 Å². The second-order valence-corrected chi connectivity index (χ2v) is 8.15. The molecule has 42 heavy (non-hydrogen) atoms. The van der Waals surface area contributed by atoms with Crippen molar-refractivity contribution in [1.29, 1.82) is 10.5 Å². The Kier molecular flexibility index (Phi) is 9.92. The van der Waals surface area contributed by atoms with Gasteiger partial charge in [-0.15, -0.1) is 0 Å². The molecule has 14 heteroatoms. The Bertz CT molecular complexity index is 1660. The predicted molar refractivity (Wildman–Crippen MR) is 146 cm³/mol. The van der Waals surface area contributed by atoms with Crippen molar-refractivity contribution in [2.75, 3.05) is 31.4 Å². The molecule has 0 radical (unpaired) electrons. The van der Waals surface area contributed by atoms with Crippen LogP contribution in [0.5, 0.6) is 23.1 Å². The molecule has 0 atom stereocenters. The van der Waals surface area contributed by atoms with Crippen molar-refractivity contribution in [3.05, 3.63) is 65.7 Å². The summed E-state index contributed by atoms with van der Waals surface area (Å²) >= 11 is 0. The molecule has 0 aliphatic heterocycles. The fourth-order valence-electron chi connectivity index (χ4n) is 3.52. The average Bonchev–Trinajstić information content (AvgIpc) is 2.96. The number of anilines is 3. The number of ether oxygens (including phenoxy) is 3. The number of aromatic nitrogens is 2. The number of carbonyl (C=O) groups is 1. The van der Waals surface area contributed by atoms with Crippen LogP contribution in [0.2, 0.25) is 0 Å². The van der Waals surface area contributed by atoms with E-state index in [1.54, 1.807) is 61.7 Å². The molecule has 1 aromatic heterocycles. The molecule has 0 spiro atoms. The zero-order chi connectivity index (χ0) is 30.9. The van der Waals surface area contributed by atoms with E-state index in [4.69, 9.17) is 29.4 Å². The van der Waals surface area contributed by atoms with Gasteiger partial charge < -0.3 is 30.0 Å². The summed E-state index contributed by atoms with van der Waals surface area (Å²) in [5, 5.41) is 33.2. The first kappa shape index (κ1) is 30.8. The maximum atomic E-state index is 10.6. The lowest BCUT2D eigenvalue weighted by molar-refractivity contribution is -0.192. The molecule has 0 fully saturated rings. The van der Waals surface area contributed by atoms with Gasteiger partial charge in [0.05, 0.1) is 37.5 Å². The standard InChI is InChI=1S/C26H22N6O3.C2HF3O2/c1-4-29-22-13-23(32-26(31-22)30-19-8-5-16(14-27)6-9-19)35-25-21(33-2)12-18-11-17(15-28)7-10-20(18)24(25)34-3;3-2(4,5)1(6)7/h5-13H,4H2,1-3H3,(H2,29,30,31,32);(H,6,7). The van der Waals surface area contributed by atoms with Crippen LogP contribution >= 0.6 is 0 Å². The van der Waals surface area contributed by atoms with Crippen molar-refractivity contribution >= 4 is 34.2 Å². The number of methoxy groups -OCH3 is 2. The van der Waals surface area contributed by atoms with Gasteiger partial charge in [-0.25, -0.2) is 4.79 Å². The molecule has 4 aromatic rings. The van der Waals surface area contributed by atoms with Crippen LogP contribution in [0, 0.1) is 22.7 Å². The molecule has 4 rings (SSSR count). The number of hydrogen-bond acceptors (Lipinski definition) is 10. The minimum atomic E-state index is -5.08. The van der Waals surface area contributed by atoms with Gasteiger partial charge >= 0.3 is 12.1 Å². The van der Waals surface area contributed by atoms with Crippen LogP contribution in [0.1, 0.15) is 18.1 Å². The number of nitriles is 2. The van der Waals surface area contributed by atoms with Crippen molar-refractivity contribution in [3.8, 4) is 35.3 Å². The highest BCUT2D eigenvalue weighted by molar-refractivity contribution is 5.94. The summed E-state index contributed by atoms with van der Waals surface area (Å²) in [5.74, 6) is -0.405. The third kappa shape index (κ3) is 7.67. The first-order valence-electron chi connectivity index (χ1n) is 12.0. The number of carboxylic acid groups (broad SMARTS) is 1. The number of nitrogens with zero attached hydrogens (tertiary/aromatic N) is 4. The molecule has 0 saturated carbocycles. The number of hydrogen-bond donors (Lipinski definition) is 3. The van der Waals surface area contributed by atoms with Crippen LogP contribution in [0.25, 0.3) is 10.8 Å². The van der Waals surface area contributed by atoms with Crippen LogP contribution < -0.4 is 24.8 Å². The first-order valence-corrected chi connectivity index (χ1v) is 12.0. The number of halogens is 3. The number of benzene rings is 3. The average molecular weight is 581 g/mol. The number of fused-ring (bicyclic) bond motifs is 1. The maximum Gasteiger partial charge on any atom is 0.490 e. The van der Waals surface area contributed by atoms with Crippen molar-refractivity contribution in [1.82, 2.24) is 9.97 Å². The lowest BCUT2D eigenvalue weighted by Gasteiger charge is -2.17. The van der Waals surface area contributed by atoms with Gasteiger partial charge in [-0.2, -0.15) is 33.7 Å². The van der Waals surface area contributed by atoms with Crippen LogP contribution in [0.4, 0.5) is 30.6 Å². The molecule has 0 saturated heterocycles. The number of rotatable bonds is 8. The number of alkyl halides is 3. The van der Waals surface area contributed by atoms with Gasteiger partial charge in [0.15, 0.2) is 11.5 Å². The molecule has 0 amide bonds. The zero-order valence-electron chi connectivity index (χ0n) is 22.4. The lowest BCUT2D eigenvalue weighted by atomic mass is 10.1. The van der Waals surface area contributed by atoms with Gasteiger partial charge in [0.1, 0.15) is 5.82 Å². The van der Waals surface area contributed by atoms with E-state index in [-0.39, 0.29) is 5.88 Å². The normalized spacial score (nSPS) is 10.4. The Hall–Kier alpha value is -5.76. The summed E-state index contributed by atoms with van der Waals surface area (Å²) in [6.45, 7) is 2.61. The summed E-state index contributed by atoms with van der Waals surface area (Å²) in [5.41, 5.74) is 1.80. The Morgan fingerprint density at radius 1 is 0.952 bits per heavy atom. The SMILES string of the molecule is CCNc1cc(Oc2c(OC)cc3cc(C#N)ccc3c2OC)nc(Nc2ccc(C#N)cc2)n1.O=C(O)C(F)(F)F. The number of carboxylic acids is 1. The highest BCUT2D eigenvalue weighted by atomic mass is 19.4. The van der Waals surface area contributed by atoms with E-state index >= 15 is 0 Å². The van der Waals surface area contributed by atoms with Crippen LogP contribution in [0.15, 0.2) is 54.6 Å². The van der Waals surface area contributed by atoms with Gasteiger partial charge in [-0.1, -0.05) is 0 Å². The molecule has 0 bridgehead atoms. The van der Waals surface area contributed by atoms with Gasteiger partial charge in [0.2, 0.25) is 17.6 Å². The topological polar surface area (TPSA) is 162 Å². The van der Waals surface area contributed by atoms with Crippen molar-refractivity contribution in [2.24, 2.45) is 0 Å². The van der Waals surface area contributed by atoms with Crippen LogP contribution in [-0.4, -0.2) is 48.0 Å². The predicted octanol–water partition coefficient (Wildman–Crippen LogP) is 5.99. The minimum absolute atomic E-state index is 0.261. The quantitative estimate of drug-likeness (QED) is 0.224. The smallest absolute Gasteiger partial charge is 0.490 e. The van der Waals surface area contributed by atoms with E-state index in [2.05, 4.69) is 32.7 Å². The van der Waals surface area contributed by atoms with E-state index in [1.807, 2.05) is 6.92 Å². The second kappa shape index (κ2) is 13.5. The molecule has 3 aromatic carbocycles. The maximum absolute atomic E-state index is 10.6. The zero-order valence-corrected chi connectivity index (χ0v) is 22.4. The summed E-state index contributed by atoms with van der Waals surface area (Å²) in [6.07, 6.45) is -5.08. The molecule has 11 nitrogen and oxygen atoms in total. The Balaban J connectivity index is 0.000000616. The Morgan fingerprint density at radius 2 is 1.60 bits per heavy atom. The summed E-state index contributed by atoms with van der Waals surface area (Å²) in [4.78, 5) is 17.9. The Morgan fingerprint density at radius 3 is 2.14 bits per heavy atom. The summed E-state index contributed by atoms with van der Waals surface area (Å²) in [7, 11) is 3.07. The van der Waals surface area contributed by atoms with Crippen molar-refractivity contribution in [3.63, 3.8) is 0 Å². The minimum Gasteiger partial charge on any atom is -0.493 e. The van der Waals surface area contributed by atoms with Gasteiger partial charge in [0, 0.05) is 23.7 Å². The first-order chi connectivity index (χ1) is 20.0. The summed E-state index contributed by atoms with van der Waals surface area (Å²) in [6, 6.07) is 19.9. The Labute approximate surface area is 237 Å². The largest absolute Gasteiger partial charge is 0.493 e. The molecule has 216 valence electrons. The fourth-order valence-corrected chi connectivity index (χ4v) is 3.52. The highest BCUT2D eigenvalue weighted by Gasteiger charge is 2.38. The van der Waals surface area contributed by atoms with Crippen molar-refractivity contribution < 1.29 is 37.3 Å². The molecule has 0 unspecified atom stereocenters. The van der Waals surface area contributed by atoms with E-state index in [0.29, 0.717) is 46.7 Å². The van der Waals surface area contributed by atoms with Crippen LogP contribution in [0.3, 0.4) is 0 Å². The van der Waals surface area contributed by atoms with Crippen molar-refractivity contribution in [2.45, 2.75) is 13.1 Å². The fraction of sp³-hybridized carbons (Fsp3) is 0.179. The van der Waals surface area contributed by atoms with Gasteiger partial charge in [-0.3, -0.25) is 0 Å². The monoisotopic (exact) mass is 580 g/mol. The molecule has 3 N–H and O–H groups in total. The second-order valence-electron chi connectivity index (χ2n) is 8.15. The van der Waals surface area contributed by atoms with E-state index in [9.17, 15) is 18.4 Å². The lowest BCUT2D eigenvalue weighted by Crippen LogP contribution is -2.21. The van der Waals surface area contributed by atoms with E-state index < -0.39 is 12.1 Å². The number of nitrogens with one attached hydrogen (secondary N) is 2. The van der Waals surface area contributed by atoms with Crippen LogP contribution in [-0.2, 0) is 4.79 Å². The third-order valence-electron chi connectivity index (χ3n) is 5.35. The molecular weight excluding hydrogens is 557 g/mol. The molecule has 0 aliphatic carbocycles. The molecule has 0 aliphatic rings. The molecular formula is C28H23F3N6O5.